The van der Waals surface area contributed by atoms with Crippen molar-refractivity contribution in [3.63, 3.8) is 0 Å². The molecule has 0 radical (unpaired) electrons. The van der Waals surface area contributed by atoms with Crippen LogP contribution in [0, 0.1) is 17.8 Å². The minimum atomic E-state index is -0.803. The minimum absolute atomic E-state index is 0.240. The molecule has 0 saturated heterocycles. The van der Waals surface area contributed by atoms with Gasteiger partial charge in [-0.15, -0.1) is 5.92 Å². The molecule has 1 saturated carbocycles. The zero-order valence-corrected chi connectivity index (χ0v) is 11.9. The lowest BCUT2D eigenvalue weighted by Crippen LogP contribution is -2.39. The molecule has 1 rings (SSSR count). The Labute approximate surface area is 116 Å². The molecule has 0 heterocycles. The van der Waals surface area contributed by atoms with Gasteiger partial charge < -0.3 is 5.11 Å². The van der Waals surface area contributed by atoms with Gasteiger partial charge in [0.1, 0.15) is 5.60 Å². The van der Waals surface area contributed by atoms with Crippen LogP contribution in [0.1, 0.15) is 64.7 Å². The van der Waals surface area contributed by atoms with E-state index in [-0.39, 0.29) is 5.92 Å². The molecule has 19 heavy (non-hydrogen) atoms. The summed E-state index contributed by atoms with van der Waals surface area (Å²) >= 11 is 0. The van der Waals surface area contributed by atoms with Crippen LogP contribution in [0.4, 0.5) is 0 Å². The highest BCUT2D eigenvalue weighted by Gasteiger charge is 2.36. The molecule has 106 valence electrons. The molecule has 2 atom stereocenters. The Hall–Kier alpha value is -1.17. The summed E-state index contributed by atoms with van der Waals surface area (Å²) in [7, 11) is 0. The molecule has 0 amide bonds. The molecular weight excluding hydrogens is 238 g/mol. The van der Waals surface area contributed by atoms with E-state index in [0.29, 0.717) is 6.54 Å². The average Bonchev–Trinajstić information content (AvgIpc) is 2.42. The Bertz CT molecular complexity index is 365. The average molecular weight is 263 g/mol. The number of hydrogen-bond acceptors (Lipinski definition) is 2. The molecule has 4 heteroatoms. The van der Waals surface area contributed by atoms with Crippen LogP contribution in [-0.4, -0.2) is 17.3 Å². The summed E-state index contributed by atoms with van der Waals surface area (Å²) in [6.07, 6.45) is 8.92. The van der Waals surface area contributed by atoms with Crippen molar-refractivity contribution in [2.24, 2.45) is 11.0 Å². The summed E-state index contributed by atoms with van der Waals surface area (Å²) in [6, 6.07) is 0. The predicted molar refractivity (Wildman–Crippen MR) is 77.5 cm³/mol. The summed E-state index contributed by atoms with van der Waals surface area (Å²) in [5.41, 5.74) is 7.46. The zero-order valence-electron chi connectivity index (χ0n) is 11.9. The lowest BCUT2D eigenvalue weighted by Gasteiger charge is -2.36. The Morgan fingerprint density at radius 3 is 3.00 bits per heavy atom. The molecule has 1 aliphatic carbocycles. The van der Waals surface area contributed by atoms with Gasteiger partial charge in [-0.2, -0.15) is 0 Å². The van der Waals surface area contributed by atoms with E-state index in [4.69, 9.17) is 5.53 Å². The van der Waals surface area contributed by atoms with Crippen molar-refractivity contribution in [1.82, 2.24) is 0 Å². The summed E-state index contributed by atoms with van der Waals surface area (Å²) in [6.45, 7) is 2.67. The van der Waals surface area contributed by atoms with E-state index in [1.807, 2.05) is 0 Å². The minimum Gasteiger partial charge on any atom is -0.377 e. The number of unbranched alkanes of at least 4 members (excludes halogenated alkanes) is 2. The van der Waals surface area contributed by atoms with Gasteiger partial charge >= 0.3 is 0 Å². The largest absolute Gasteiger partial charge is 0.377 e. The normalized spacial score (nSPS) is 26.1. The smallest absolute Gasteiger partial charge is 0.128 e. The number of hydrogen-bond donors (Lipinski definition) is 1. The summed E-state index contributed by atoms with van der Waals surface area (Å²) in [5.74, 6) is 6.51. The molecule has 0 aromatic rings. The second kappa shape index (κ2) is 8.85. The van der Waals surface area contributed by atoms with Crippen LogP contribution in [0.3, 0.4) is 0 Å². The van der Waals surface area contributed by atoms with Crippen molar-refractivity contribution in [3.8, 4) is 11.8 Å². The van der Waals surface area contributed by atoms with Crippen molar-refractivity contribution in [1.29, 1.82) is 0 Å². The molecule has 1 fully saturated rings. The Kier molecular flexibility index (Phi) is 7.40. The van der Waals surface area contributed by atoms with E-state index in [0.717, 1.165) is 51.4 Å². The number of azide groups is 1. The molecule has 0 spiro atoms. The van der Waals surface area contributed by atoms with Crippen LogP contribution in [0.25, 0.3) is 10.4 Å². The Morgan fingerprint density at radius 2 is 2.26 bits per heavy atom. The molecule has 0 unspecified atom stereocenters. The standard InChI is InChI=1S/C15H25N3O/c1-2-3-4-6-11-15(19)12-7-5-9-14(15)10-8-13-17-18-16/h14,19H,2-5,7-10,12-13H2,1H3/t14-,15-/m1/s1. The zero-order chi connectivity index (χ0) is 14.0. The second-order valence-corrected chi connectivity index (χ2v) is 5.37. The van der Waals surface area contributed by atoms with Gasteiger partial charge in [0, 0.05) is 17.9 Å². The Balaban J connectivity index is 2.53. The van der Waals surface area contributed by atoms with E-state index in [1.54, 1.807) is 0 Å². The van der Waals surface area contributed by atoms with Crippen LogP contribution < -0.4 is 0 Å². The van der Waals surface area contributed by atoms with Crippen molar-refractivity contribution in [2.45, 2.75) is 70.3 Å². The quantitative estimate of drug-likeness (QED) is 0.252. The van der Waals surface area contributed by atoms with E-state index in [1.165, 1.54) is 6.42 Å². The van der Waals surface area contributed by atoms with Crippen LogP contribution in [0.2, 0.25) is 0 Å². The van der Waals surface area contributed by atoms with Gasteiger partial charge in [0.15, 0.2) is 0 Å². The predicted octanol–water partition coefficient (Wildman–Crippen LogP) is 4.19. The third-order valence-electron chi connectivity index (χ3n) is 3.87. The van der Waals surface area contributed by atoms with Gasteiger partial charge in [0.25, 0.3) is 0 Å². The highest BCUT2D eigenvalue weighted by molar-refractivity contribution is 5.17. The van der Waals surface area contributed by atoms with Crippen molar-refractivity contribution >= 4 is 0 Å². The van der Waals surface area contributed by atoms with Gasteiger partial charge in [-0.25, -0.2) is 0 Å². The molecule has 0 aromatic heterocycles. The monoisotopic (exact) mass is 263 g/mol. The highest BCUT2D eigenvalue weighted by Crippen LogP contribution is 2.36. The van der Waals surface area contributed by atoms with Gasteiger partial charge in [0.2, 0.25) is 0 Å². The highest BCUT2D eigenvalue weighted by atomic mass is 16.3. The van der Waals surface area contributed by atoms with Crippen molar-refractivity contribution in [3.05, 3.63) is 10.4 Å². The molecule has 4 nitrogen and oxygen atoms in total. The summed E-state index contributed by atoms with van der Waals surface area (Å²) in [5, 5.41) is 14.3. The molecular formula is C15H25N3O. The van der Waals surface area contributed by atoms with Crippen LogP contribution in [0.15, 0.2) is 5.11 Å². The van der Waals surface area contributed by atoms with E-state index < -0.39 is 5.60 Å². The SMILES string of the molecule is CCCCC#C[C@@]1(O)CCCC[C@@H]1CCCN=[N+]=[N-]. The van der Waals surface area contributed by atoms with Crippen LogP contribution >= 0.6 is 0 Å². The van der Waals surface area contributed by atoms with Crippen LogP contribution in [0.5, 0.6) is 0 Å². The third-order valence-corrected chi connectivity index (χ3v) is 3.87. The van der Waals surface area contributed by atoms with Crippen molar-refractivity contribution in [2.75, 3.05) is 6.54 Å². The maximum atomic E-state index is 10.7. The molecule has 0 aromatic carbocycles. The third kappa shape index (κ3) is 5.55. The van der Waals surface area contributed by atoms with Crippen molar-refractivity contribution < 1.29 is 5.11 Å². The summed E-state index contributed by atoms with van der Waals surface area (Å²) in [4.78, 5) is 2.76. The van der Waals surface area contributed by atoms with Gasteiger partial charge in [0.05, 0.1) is 0 Å². The summed E-state index contributed by atoms with van der Waals surface area (Å²) < 4.78 is 0. The van der Waals surface area contributed by atoms with Crippen LogP contribution in [-0.2, 0) is 0 Å². The molecule has 0 aliphatic heterocycles. The van der Waals surface area contributed by atoms with E-state index >= 15 is 0 Å². The first-order chi connectivity index (χ1) is 9.23. The maximum absolute atomic E-state index is 10.7. The van der Waals surface area contributed by atoms with Gasteiger partial charge in [-0.3, -0.25) is 0 Å². The number of aliphatic hydroxyl groups is 1. The Morgan fingerprint density at radius 1 is 1.42 bits per heavy atom. The number of rotatable bonds is 6. The first-order valence-corrected chi connectivity index (χ1v) is 7.46. The lowest BCUT2D eigenvalue weighted by atomic mass is 9.73. The fourth-order valence-corrected chi connectivity index (χ4v) is 2.71. The van der Waals surface area contributed by atoms with E-state index in [2.05, 4.69) is 28.8 Å². The molecule has 0 bridgehead atoms. The van der Waals surface area contributed by atoms with Gasteiger partial charge in [-0.1, -0.05) is 30.8 Å². The topological polar surface area (TPSA) is 69.0 Å². The number of nitrogens with zero attached hydrogens (tertiary/aromatic N) is 3. The fraction of sp³-hybridized carbons (Fsp3) is 0.867. The van der Waals surface area contributed by atoms with E-state index in [9.17, 15) is 5.11 Å². The fourth-order valence-electron chi connectivity index (χ4n) is 2.71. The molecule has 1 N–H and O–H groups in total. The maximum Gasteiger partial charge on any atom is 0.128 e. The molecule has 1 aliphatic rings. The van der Waals surface area contributed by atoms with Gasteiger partial charge in [-0.05, 0) is 50.0 Å². The lowest BCUT2D eigenvalue weighted by molar-refractivity contribution is -0.0000198. The second-order valence-electron chi connectivity index (χ2n) is 5.37. The first kappa shape index (κ1) is 15.9. The first-order valence-electron chi connectivity index (χ1n) is 7.46.